The Bertz CT molecular complexity index is 1780. The lowest BCUT2D eigenvalue weighted by atomic mass is 9.97. The Labute approximate surface area is 245 Å². The molecule has 8 nitrogen and oxygen atoms in total. The number of benzene rings is 2. The van der Waals surface area contributed by atoms with Gasteiger partial charge in [0.15, 0.2) is 11.4 Å². The number of esters is 1. The molecule has 0 amide bonds. The fourth-order valence-corrected chi connectivity index (χ4v) is 5.50. The second-order valence-electron chi connectivity index (χ2n) is 10.9. The van der Waals surface area contributed by atoms with Crippen LogP contribution in [0.25, 0.3) is 28.0 Å². The lowest BCUT2D eigenvalue weighted by Crippen LogP contribution is -2.51. The molecule has 2 aromatic heterocycles. The van der Waals surface area contributed by atoms with E-state index in [1.165, 1.54) is 29.7 Å². The summed E-state index contributed by atoms with van der Waals surface area (Å²) in [5.74, 6) is -3.68. The van der Waals surface area contributed by atoms with Gasteiger partial charge in [-0.15, -0.1) is 0 Å². The quantitative estimate of drug-likeness (QED) is 0.237. The van der Waals surface area contributed by atoms with Crippen LogP contribution in [0.4, 0.5) is 23.4 Å². The van der Waals surface area contributed by atoms with E-state index in [2.05, 4.69) is 10.3 Å². The van der Waals surface area contributed by atoms with E-state index in [9.17, 15) is 22.8 Å². The minimum absolute atomic E-state index is 0.0138. The Hall–Kier alpha value is -4.32. The van der Waals surface area contributed by atoms with E-state index in [1.807, 2.05) is 32.9 Å². The molecule has 1 saturated heterocycles. The van der Waals surface area contributed by atoms with E-state index in [-0.39, 0.29) is 45.6 Å². The molecule has 1 aliphatic heterocycles. The predicted molar refractivity (Wildman–Crippen MR) is 155 cm³/mol. The maximum absolute atomic E-state index is 15.2. The molecule has 2 aromatic carbocycles. The molecule has 1 aliphatic rings. The van der Waals surface area contributed by atoms with Gasteiger partial charge in [-0.3, -0.25) is 0 Å². The Morgan fingerprint density at radius 3 is 2.47 bits per heavy atom. The van der Waals surface area contributed by atoms with Crippen molar-refractivity contribution >= 4 is 22.8 Å². The van der Waals surface area contributed by atoms with Crippen LogP contribution in [-0.4, -0.2) is 52.4 Å². The van der Waals surface area contributed by atoms with Crippen LogP contribution in [0, 0.1) is 19.7 Å². The van der Waals surface area contributed by atoms with Gasteiger partial charge in [0.05, 0.1) is 11.4 Å². The van der Waals surface area contributed by atoms with Crippen LogP contribution in [0.2, 0.25) is 0 Å². The molecular formula is C31H31F4N5O3. The number of hydrogen-bond donors (Lipinski definition) is 1. The molecule has 1 N–H and O–H groups in total. The third-order valence-electron chi connectivity index (χ3n) is 7.64. The van der Waals surface area contributed by atoms with Crippen molar-refractivity contribution in [3.05, 3.63) is 75.5 Å². The van der Waals surface area contributed by atoms with Crippen molar-refractivity contribution in [2.45, 2.75) is 52.8 Å². The number of piperazine rings is 1. The van der Waals surface area contributed by atoms with Gasteiger partial charge in [0.25, 0.3) is 0 Å². The molecule has 226 valence electrons. The van der Waals surface area contributed by atoms with E-state index in [4.69, 9.17) is 9.72 Å². The highest BCUT2D eigenvalue weighted by Crippen LogP contribution is 2.42. The lowest BCUT2D eigenvalue weighted by molar-refractivity contribution is -0.189. The molecule has 0 aliphatic carbocycles. The van der Waals surface area contributed by atoms with E-state index < -0.39 is 29.4 Å². The number of carbonyl (C=O) groups is 1. The molecule has 0 spiro atoms. The minimum atomic E-state index is -5.33. The number of halogens is 4. The number of ether oxygens (including phenoxy) is 1. The lowest BCUT2D eigenvalue weighted by Gasteiger charge is -2.36. The van der Waals surface area contributed by atoms with Crippen molar-refractivity contribution in [2.24, 2.45) is 0 Å². The number of anilines is 1. The van der Waals surface area contributed by atoms with Crippen LogP contribution in [0.5, 0.6) is 5.75 Å². The number of nitrogens with one attached hydrogen (secondary N) is 1. The highest BCUT2D eigenvalue weighted by Gasteiger charge is 2.43. The van der Waals surface area contributed by atoms with Gasteiger partial charge < -0.3 is 15.0 Å². The summed E-state index contributed by atoms with van der Waals surface area (Å²) in [4.78, 5) is 37.3. The standard InChI is InChI=1S/C31H31F4N5O3/c1-16(2)20-11-8-9-17(3)25(20)40-28-23(27(38-30(40)42)39-14-13-36-15-18(39)4)26(43-29(41)31(33,34)35)19(5)24(37-28)21-10-6-7-12-22(21)32/h6-12,16,18,36H,13-15H2,1-5H3/t18-/m0/s1. The first-order valence-corrected chi connectivity index (χ1v) is 13.9. The van der Waals surface area contributed by atoms with Crippen molar-refractivity contribution in [3.63, 3.8) is 0 Å². The summed E-state index contributed by atoms with van der Waals surface area (Å²) in [5.41, 5.74) is 0.936. The maximum atomic E-state index is 15.2. The SMILES string of the molecule is Cc1cccc(C(C)C)c1-n1c(=O)nc(N2CCNC[C@@H]2C)c2c(OC(=O)C(F)(F)F)c(C)c(-c3ccccc3F)nc21. The van der Waals surface area contributed by atoms with Gasteiger partial charge >= 0.3 is 17.8 Å². The summed E-state index contributed by atoms with van der Waals surface area (Å²) in [7, 11) is 0. The Balaban J connectivity index is 2.01. The molecule has 1 atom stereocenters. The van der Waals surface area contributed by atoms with Crippen LogP contribution >= 0.6 is 0 Å². The second-order valence-corrected chi connectivity index (χ2v) is 10.9. The van der Waals surface area contributed by atoms with Crippen molar-refractivity contribution in [1.82, 2.24) is 19.9 Å². The van der Waals surface area contributed by atoms with Crippen LogP contribution in [0.1, 0.15) is 43.4 Å². The number of pyridine rings is 1. The summed E-state index contributed by atoms with van der Waals surface area (Å²) < 4.78 is 62.4. The summed E-state index contributed by atoms with van der Waals surface area (Å²) in [6.45, 7) is 10.3. The number of hydrogen-bond acceptors (Lipinski definition) is 7. The summed E-state index contributed by atoms with van der Waals surface area (Å²) in [6.07, 6.45) is -5.33. The van der Waals surface area contributed by atoms with Gasteiger partial charge in [-0.1, -0.05) is 44.2 Å². The molecule has 0 radical (unpaired) electrons. The number of aromatic nitrogens is 3. The monoisotopic (exact) mass is 597 g/mol. The molecular weight excluding hydrogens is 566 g/mol. The molecule has 4 aromatic rings. The number of alkyl halides is 3. The Morgan fingerprint density at radius 2 is 1.81 bits per heavy atom. The zero-order chi connectivity index (χ0) is 31.2. The third kappa shape index (κ3) is 5.47. The van der Waals surface area contributed by atoms with E-state index in [1.54, 1.807) is 24.0 Å². The molecule has 12 heteroatoms. The summed E-state index contributed by atoms with van der Waals surface area (Å²) in [6, 6.07) is 10.9. The molecule has 5 rings (SSSR count). The van der Waals surface area contributed by atoms with Gasteiger partial charge in [-0.05, 0) is 49.9 Å². The van der Waals surface area contributed by atoms with Gasteiger partial charge in [0, 0.05) is 36.8 Å². The van der Waals surface area contributed by atoms with Gasteiger partial charge in [-0.2, -0.15) is 18.2 Å². The van der Waals surface area contributed by atoms with Crippen molar-refractivity contribution in [3.8, 4) is 22.7 Å². The third-order valence-corrected chi connectivity index (χ3v) is 7.64. The first-order chi connectivity index (χ1) is 20.3. The van der Waals surface area contributed by atoms with Crippen molar-refractivity contribution in [2.75, 3.05) is 24.5 Å². The minimum Gasteiger partial charge on any atom is -0.419 e. The molecule has 43 heavy (non-hydrogen) atoms. The maximum Gasteiger partial charge on any atom is 0.491 e. The first-order valence-electron chi connectivity index (χ1n) is 13.9. The molecule has 0 bridgehead atoms. The van der Waals surface area contributed by atoms with Crippen LogP contribution in [0.3, 0.4) is 0 Å². The zero-order valence-corrected chi connectivity index (χ0v) is 24.3. The molecule has 0 saturated carbocycles. The van der Waals surface area contributed by atoms with Crippen LogP contribution in [0.15, 0.2) is 47.3 Å². The zero-order valence-electron chi connectivity index (χ0n) is 24.3. The topological polar surface area (TPSA) is 89.4 Å². The van der Waals surface area contributed by atoms with E-state index >= 15 is 4.39 Å². The second kappa shape index (κ2) is 11.4. The first kappa shape index (κ1) is 30.1. The summed E-state index contributed by atoms with van der Waals surface area (Å²) >= 11 is 0. The van der Waals surface area contributed by atoms with Gasteiger partial charge in [0.2, 0.25) is 0 Å². The highest BCUT2D eigenvalue weighted by molar-refractivity contribution is 5.99. The number of para-hydroxylation sites is 1. The van der Waals surface area contributed by atoms with Gasteiger partial charge in [0.1, 0.15) is 17.0 Å². The van der Waals surface area contributed by atoms with Crippen LogP contribution < -0.4 is 20.6 Å². The Morgan fingerprint density at radius 1 is 1.09 bits per heavy atom. The normalized spacial score (nSPS) is 15.8. The van der Waals surface area contributed by atoms with Crippen LogP contribution in [-0.2, 0) is 4.79 Å². The van der Waals surface area contributed by atoms with Gasteiger partial charge in [-0.25, -0.2) is 23.5 Å². The van der Waals surface area contributed by atoms with E-state index in [0.29, 0.717) is 30.9 Å². The fourth-order valence-electron chi connectivity index (χ4n) is 5.50. The number of fused-ring (bicyclic) bond motifs is 1. The molecule has 0 unspecified atom stereocenters. The van der Waals surface area contributed by atoms with Crippen molar-refractivity contribution < 1.29 is 27.1 Å². The van der Waals surface area contributed by atoms with Crippen molar-refractivity contribution in [1.29, 1.82) is 0 Å². The number of rotatable bonds is 5. The molecule has 1 fully saturated rings. The predicted octanol–water partition coefficient (Wildman–Crippen LogP) is 5.59. The summed E-state index contributed by atoms with van der Waals surface area (Å²) in [5, 5.41) is 3.18. The number of carbonyl (C=O) groups excluding carboxylic acids is 1. The van der Waals surface area contributed by atoms with E-state index in [0.717, 1.165) is 5.56 Å². The largest absolute Gasteiger partial charge is 0.491 e. The number of nitrogens with zero attached hydrogens (tertiary/aromatic N) is 4. The highest BCUT2D eigenvalue weighted by atomic mass is 19.4. The smallest absolute Gasteiger partial charge is 0.419 e. The average Bonchev–Trinajstić information content (AvgIpc) is 2.94. The Kier molecular flexibility index (Phi) is 7.99. The number of aryl methyl sites for hydroxylation is 1. The fraction of sp³-hybridized carbons (Fsp3) is 0.355. The average molecular weight is 598 g/mol. The molecule has 3 heterocycles.